The largest absolute Gasteiger partial charge is 0.434 e. The maximum absolute atomic E-state index is 12.4. The van der Waals surface area contributed by atoms with Crippen LogP contribution in [0.1, 0.15) is 10.7 Å². The molecular formula is C12H12F3N5S. The Balaban J connectivity index is 1.86. The van der Waals surface area contributed by atoms with Crippen LogP contribution in [-0.4, -0.2) is 22.5 Å². The first-order chi connectivity index (χ1) is 9.95. The van der Waals surface area contributed by atoms with E-state index >= 15 is 0 Å². The van der Waals surface area contributed by atoms with Gasteiger partial charge in [0.2, 0.25) is 0 Å². The molecule has 0 aliphatic heterocycles. The summed E-state index contributed by atoms with van der Waals surface area (Å²) in [5, 5.41) is 4.14. The van der Waals surface area contributed by atoms with Gasteiger partial charge in [-0.1, -0.05) is 6.07 Å². The van der Waals surface area contributed by atoms with Gasteiger partial charge in [-0.05, 0) is 12.1 Å². The first-order valence-corrected chi connectivity index (χ1v) is 6.82. The van der Waals surface area contributed by atoms with Gasteiger partial charge in [0, 0.05) is 24.5 Å². The van der Waals surface area contributed by atoms with Gasteiger partial charge in [-0.15, -0.1) is 11.3 Å². The normalized spacial score (nSPS) is 12.4. The lowest BCUT2D eigenvalue weighted by molar-refractivity contribution is -0.140. The van der Waals surface area contributed by atoms with Gasteiger partial charge in [-0.25, -0.2) is 9.97 Å². The number of thiazole rings is 1. The van der Waals surface area contributed by atoms with Crippen LogP contribution in [0, 0.1) is 0 Å². The molecule has 2 rings (SSSR count). The van der Waals surface area contributed by atoms with E-state index < -0.39 is 11.9 Å². The van der Waals surface area contributed by atoms with Crippen LogP contribution in [0.4, 0.5) is 19.0 Å². The zero-order valence-electron chi connectivity index (χ0n) is 10.8. The fourth-order valence-corrected chi connectivity index (χ4v) is 2.23. The topological polar surface area (TPSA) is 76.2 Å². The summed E-state index contributed by atoms with van der Waals surface area (Å²) in [6.07, 6.45) is -2.51. The first kappa shape index (κ1) is 15.2. The number of hydrogen-bond donors (Lipinski definition) is 2. The van der Waals surface area contributed by atoms with E-state index in [-0.39, 0.29) is 12.5 Å². The number of rotatable bonds is 4. The number of guanidine groups is 1. The van der Waals surface area contributed by atoms with Crippen LogP contribution >= 0.6 is 11.3 Å². The van der Waals surface area contributed by atoms with Crippen LogP contribution in [0.15, 0.2) is 34.8 Å². The third-order valence-corrected chi connectivity index (χ3v) is 3.28. The quantitative estimate of drug-likeness (QED) is 0.671. The highest BCUT2D eigenvalue weighted by atomic mass is 32.1. The third-order valence-electron chi connectivity index (χ3n) is 2.37. The minimum Gasteiger partial charge on any atom is -0.370 e. The van der Waals surface area contributed by atoms with Gasteiger partial charge in [-0.2, -0.15) is 13.2 Å². The van der Waals surface area contributed by atoms with Crippen LogP contribution in [-0.2, 0) is 12.6 Å². The molecule has 0 amide bonds. The Morgan fingerprint density at radius 1 is 1.38 bits per heavy atom. The van der Waals surface area contributed by atoms with Crippen LogP contribution in [0.25, 0.3) is 0 Å². The van der Waals surface area contributed by atoms with Crippen LogP contribution in [0.5, 0.6) is 0 Å². The number of alkyl halides is 3. The molecule has 0 fully saturated rings. The molecule has 0 aliphatic rings. The lowest BCUT2D eigenvalue weighted by Gasteiger charge is -2.03. The van der Waals surface area contributed by atoms with Crippen molar-refractivity contribution in [2.45, 2.75) is 12.6 Å². The van der Waals surface area contributed by atoms with Crippen molar-refractivity contribution in [3.05, 3.63) is 40.5 Å². The Morgan fingerprint density at radius 2 is 2.19 bits per heavy atom. The van der Waals surface area contributed by atoms with Gasteiger partial charge in [-0.3, -0.25) is 4.99 Å². The monoisotopic (exact) mass is 315 g/mol. The summed E-state index contributed by atoms with van der Waals surface area (Å²) < 4.78 is 37.1. The number of halogens is 3. The van der Waals surface area contributed by atoms with Crippen molar-refractivity contribution in [1.82, 2.24) is 9.97 Å². The number of nitrogens with zero attached hydrogens (tertiary/aromatic N) is 3. The fraction of sp³-hybridized carbons (Fsp3) is 0.250. The van der Waals surface area contributed by atoms with Crippen molar-refractivity contribution in [2.75, 3.05) is 11.9 Å². The Labute approximate surface area is 122 Å². The second-order valence-electron chi connectivity index (χ2n) is 3.98. The highest BCUT2D eigenvalue weighted by Gasteiger charge is 2.33. The maximum atomic E-state index is 12.4. The zero-order chi connectivity index (χ0) is 15.3. The number of nitrogens with two attached hydrogens (primary N) is 1. The van der Waals surface area contributed by atoms with Gasteiger partial charge in [0.15, 0.2) is 11.7 Å². The van der Waals surface area contributed by atoms with E-state index in [1.165, 1.54) is 0 Å². The Hall–Kier alpha value is -2.16. The maximum Gasteiger partial charge on any atom is 0.434 e. The summed E-state index contributed by atoms with van der Waals surface area (Å²) in [5.41, 5.74) is 4.78. The van der Waals surface area contributed by atoms with E-state index in [9.17, 15) is 13.2 Å². The van der Waals surface area contributed by atoms with Crippen LogP contribution < -0.4 is 11.1 Å². The van der Waals surface area contributed by atoms with Crippen LogP contribution in [0.2, 0.25) is 0 Å². The van der Waals surface area contributed by atoms with E-state index in [4.69, 9.17) is 5.73 Å². The molecule has 2 aromatic heterocycles. The standard InChI is InChI=1S/C12H12F3N5S/c13-12(14,15)8-7-21-10(19-8)4-6-18-11(16)20-9-3-1-2-5-17-9/h1-3,5,7H,4,6H2,(H3,16,17,18,20). The van der Waals surface area contributed by atoms with Crippen LogP contribution in [0.3, 0.4) is 0 Å². The van der Waals surface area contributed by atoms with Gasteiger partial charge in [0.1, 0.15) is 5.82 Å². The van der Waals surface area contributed by atoms with Crippen molar-refractivity contribution in [2.24, 2.45) is 10.7 Å². The summed E-state index contributed by atoms with van der Waals surface area (Å²) in [6.45, 7) is 0.247. The van der Waals surface area contributed by atoms with Crippen molar-refractivity contribution in [3.63, 3.8) is 0 Å². The summed E-state index contributed by atoms with van der Waals surface area (Å²) >= 11 is 0.958. The highest BCUT2D eigenvalue weighted by molar-refractivity contribution is 7.09. The van der Waals surface area contributed by atoms with Gasteiger partial charge >= 0.3 is 6.18 Å². The lowest BCUT2D eigenvalue weighted by atomic mass is 10.4. The summed E-state index contributed by atoms with van der Waals surface area (Å²) in [7, 11) is 0. The molecule has 2 heterocycles. The van der Waals surface area contributed by atoms with Crippen molar-refractivity contribution in [3.8, 4) is 0 Å². The minimum atomic E-state index is -4.41. The van der Waals surface area contributed by atoms with Gasteiger partial charge in [0.05, 0.1) is 5.01 Å². The highest BCUT2D eigenvalue weighted by Crippen LogP contribution is 2.30. The van der Waals surface area contributed by atoms with E-state index in [0.717, 1.165) is 16.7 Å². The SMILES string of the molecule is NC(=NCCc1nc(C(F)(F)F)cs1)Nc1ccccn1. The molecule has 3 N–H and O–H groups in total. The fourth-order valence-electron chi connectivity index (χ4n) is 1.44. The molecule has 0 aromatic carbocycles. The zero-order valence-corrected chi connectivity index (χ0v) is 11.6. The predicted octanol–water partition coefficient (Wildman–Crippen LogP) is 2.53. The molecule has 112 valence electrons. The lowest BCUT2D eigenvalue weighted by Crippen LogP contribution is -2.23. The molecule has 0 bridgehead atoms. The number of anilines is 1. The average Bonchev–Trinajstić information content (AvgIpc) is 2.88. The van der Waals surface area contributed by atoms with Crippen molar-refractivity contribution < 1.29 is 13.2 Å². The Morgan fingerprint density at radius 3 is 2.81 bits per heavy atom. The number of aliphatic imine (C=N–C) groups is 1. The van der Waals surface area contributed by atoms with E-state index in [1.54, 1.807) is 24.4 Å². The molecule has 0 radical (unpaired) electrons. The molecule has 2 aromatic rings. The van der Waals surface area contributed by atoms with E-state index in [2.05, 4.69) is 20.3 Å². The molecule has 0 atom stereocenters. The number of nitrogens with one attached hydrogen (secondary N) is 1. The average molecular weight is 315 g/mol. The molecule has 0 saturated heterocycles. The molecular weight excluding hydrogens is 303 g/mol. The number of hydrogen-bond acceptors (Lipinski definition) is 4. The third kappa shape index (κ3) is 4.71. The molecule has 0 saturated carbocycles. The molecule has 5 nitrogen and oxygen atoms in total. The van der Waals surface area contributed by atoms with Crippen molar-refractivity contribution >= 4 is 23.1 Å². The second-order valence-corrected chi connectivity index (χ2v) is 4.92. The number of pyridine rings is 1. The van der Waals surface area contributed by atoms with Gasteiger partial charge < -0.3 is 11.1 Å². The molecule has 21 heavy (non-hydrogen) atoms. The van der Waals surface area contributed by atoms with E-state index in [1.807, 2.05) is 0 Å². The first-order valence-electron chi connectivity index (χ1n) is 5.95. The molecule has 9 heteroatoms. The molecule has 0 aliphatic carbocycles. The molecule has 0 spiro atoms. The summed E-state index contributed by atoms with van der Waals surface area (Å²) in [6, 6.07) is 5.27. The smallest absolute Gasteiger partial charge is 0.370 e. The predicted molar refractivity (Wildman–Crippen MR) is 75.2 cm³/mol. The van der Waals surface area contributed by atoms with Crippen molar-refractivity contribution in [1.29, 1.82) is 0 Å². The Kier molecular flexibility index (Phi) is 4.73. The second kappa shape index (κ2) is 6.53. The number of aromatic nitrogens is 2. The minimum absolute atomic E-state index is 0.154. The summed E-state index contributed by atoms with van der Waals surface area (Å²) in [4.78, 5) is 11.5. The Bertz CT molecular complexity index is 609. The van der Waals surface area contributed by atoms with E-state index in [0.29, 0.717) is 17.2 Å². The summed E-state index contributed by atoms with van der Waals surface area (Å²) in [5.74, 6) is 0.702. The molecule has 0 unspecified atom stereocenters. The van der Waals surface area contributed by atoms with Gasteiger partial charge in [0.25, 0.3) is 0 Å².